The van der Waals surface area contributed by atoms with E-state index in [2.05, 4.69) is 0 Å². The fraction of sp³-hybridized carbons (Fsp3) is 0.417. The molecule has 0 bridgehead atoms. The van der Waals surface area contributed by atoms with Gasteiger partial charge >= 0.3 is 11.9 Å². The van der Waals surface area contributed by atoms with Crippen LogP contribution in [0, 0.1) is 5.92 Å². The molecular formula is C24H30O6. The second-order valence-electron chi connectivity index (χ2n) is 7.20. The Hall–Kier alpha value is -2.70. The molecular weight excluding hydrogens is 384 g/mol. The summed E-state index contributed by atoms with van der Waals surface area (Å²) in [5, 5.41) is 21.0. The number of benzene rings is 2. The van der Waals surface area contributed by atoms with Gasteiger partial charge in [0.05, 0.1) is 23.3 Å². The predicted octanol–water partition coefficient (Wildman–Crippen LogP) is 3.96. The summed E-state index contributed by atoms with van der Waals surface area (Å²) in [4.78, 5) is 25.0. The molecule has 2 N–H and O–H groups in total. The maximum absolute atomic E-state index is 12.5. The number of aliphatic hydroxyl groups excluding tert-OH is 2. The van der Waals surface area contributed by atoms with Crippen molar-refractivity contribution in [2.75, 3.05) is 0 Å². The fourth-order valence-corrected chi connectivity index (χ4v) is 3.29. The highest BCUT2D eigenvalue weighted by atomic mass is 16.7. The van der Waals surface area contributed by atoms with Gasteiger partial charge < -0.3 is 19.7 Å². The first kappa shape index (κ1) is 23.6. The maximum Gasteiger partial charge on any atom is 0.341 e. The monoisotopic (exact) mass is 414 g/mol. The van der Waals surface area contributed by atoms with E-state index in [1.165, 1.54) is 0 Å². The van der Waals surface area contributed by atoms with Crippen LogP contribution in [0.1, 0.15) is 60.2 Å². The first-order valence-corrected chi connectivity index (χ1v) is 10.3. The normalized spacial score (nSPS) is 14.0. The Morgan fingerprint density at radius 1 is 0.800 bits per heavy atom. The number of hydrogen-bond donors (Lipinski definition) is 2. The Kier molecular flexibility index (Phi) is 9.51. The van der Waals surface area contributed by atoms with Crippen LogP contribution in [0.25, 0.3) is 0 Å². The minimum Gasteiger partial charge on any atom is -0.421 e. The van der Waals surface area contributed by atoms with Crippen molar-refractivity contribution in [3.8, 4) is 0 Å². The molecule has 0 saturated carbocycles. The molecule has 2 aromatic carbocycles. The van der Waals surface area contributed by atoms with E-state index >= 15 is 0 Å². The average molecular weight is 414 g/mol. The summed E-state index contributed by atoms with van der Waals surface area (Å²) < 4.78 is 10.8. The Bertz CT molecular complexity index is 723. The minimum absolute atomic E-state index is 0.126. The lowest BCUT2D eigenvalue weighted by Gasteiger charge is -2.29. The molecule has 0 aromatic heterocycles. The van der Waals surface area contributed by atoms with Gasteiger partial charge in [-0.2, -0.15) is 0 Å². The molecule has 6 heteroatoms. The standard InChI is InChI=1S/C24H30O6/c1-3-11-19(20(25)4-2)21(26)16-22(29-23(27)17-12-7-5-8-13-17)30-24(28)18-14-9-6-10-15-18/h5-10,12-15,19-22,25-26H,3-4,11,16H2,1-2H3. The van der Waals surface area contributed by atoms with Crippen molar-refractivity contribution in [2.45, 2.75) is 58.0 Å². The van der Waals surface area contributed by atoms with Gasteiger partial charge in [0.2, 0.25) is 0 Å². The molecule has 0 amide bonds. The molecule has 2 rings (SSSR count). The lowest BCUT2D eigenvalue weighted by atomic mass is 9.88. The van der Waals surface area contributed by atoms with Crippen LogP contribution in [0.2, 0.25) is 0 Å². The van der Waals surface area contributed by atoms with Crippen LogP contribution in [0.15, 0.2) is 60.7 Å². The number of carbonyl (C=O) groups excluding carboxylic acids is 2. The quantitative estimate of drug-likeness (QED) is 0.427. The molecule has 0 aliphatic rings. The third kappa shape index (κ3) is 6.97. The second-order valence-corrected chi connectivity index (χ2v) is 7.20. The summed E-state index contributed by atoms with van der Waals surface area (Å²) in [7, 11) is 0. The van der Waals surface area contributed by atoms with E-state index in [0.29, 0.717) is 24.0 Å². The smallest absolute Gasteiger partial charge is 0.341 e. The molecule has 0 radical (unpaired) electrons. The molecule has 0 heterocycles. The third-order valence-corrected chi connectivity index (χ3v) is 4.96. The van der Waals surface area contributed by atoms with E-state index in [1.807, 2.05) is 13.8 Å². The molecule has 2 aromatic rings. The second kappa shape index (κ2) is 12.1. The summed E-state index contributed by atoms with van der Waals surface area (Å²) in [6.07, 6.45) is -1.26. The van der Waals surface area contributed by atoms with Crippen LogP contribution >= 0.6 is 0 Å². The van der Waals surface area contributed by atoms with Gasteiger partial charge in [-0.1, -0.05) is 56.7 Å². The van der Waals surface area contributed by atoms with Gasteiger partial charge in [-0.3, -0.25) is 0 Å². The molecule has 162 valence electrons. The van der Waals surface area contributed by atoms with Crippen LogP contribution in [-0.2, 0) is 9.47 Å². The molecule has 0 saturated heterocycles. The number of hydrogen-bond acceptors (Lipinski definition) is 6. The van der Waals surface area contributed by atoms with Crippen LogP contribution < -0.4 is 0 Å². The van der Waals surface area contributed by atoms with Gasteiger partial charge in [-0.25, -0.2) is 9.59 Å². The third-order valence-electron chi connectivity index (χ3n) is 4.96. The zero-order chi connectivity index (χ0) is 21.9. The number of carbonyl (C=O) groups is 2. The molecule has 30 heavy (non-hydrogen) atoms. The van der Waals surface area contributed by atoms with Gasteiger partial charge in [-0.15, -0.1) is 0 Å². The van der Waals surface area contributed by atoms with Crippen molar-refractivity contribution < 1.29 is 29.3 Å². The lowest BCUT2D eigenvalue weighted by molar-refractivity contribution is -0.110. The van der Waals surface area contributed by atoms with Gasteiger partial charge in [-0.05, 0) is 37.1 Å². The predicted molar refractivity (Wildman–Crippen MR) is 113 cm³/mol. The maximum atomic E-state index is 12.5. The first-order chi connectivity index (χ1) is 14.5. The van der Waals surface area contributed by atoms with Crippen molar-refractivity contribution in [1.29, 1.82) is 0 Å². The van der Waals surface area contributed by atoms with Crippen molar-refractivity contribution in [2.24, 2.45) is 5.92 Å². The highest BCUT2D eigenvalue weighted by molar-refractivity contribution is 5.90. The van der Waals surface area contributed by atoms with Gasteiger partial charge in [0, 0.05) is 12.3 Å². The summed E-state index contributed by atoms with van der Waals surface area (Å²) in [6, 6.07) is 16.7. The highest BCUT2D eigenvalue weighted by Gasteiger charge is 2.31. The van der Waals surface area contributed by atoms with Crippen LogP contribution in [0.5, 0.6) is 0 Å². The zero-order valence-corrected chi connectivity index (χ0v) is 17.4. The van der Waals surface area contributed by atoms with Crippen molar-refractivity contribution in [1.82, 2.24) is 0 Å². The molecule has 6 nitrogen and oxygen atoms in total. The van der Waals surface area contributed by atoms with E-state index in [0.717, 1.165) is 6.42 Å². The average Bonchev–Trinajstić information content (AvgIpc) is 2.77. The SMILES string of the molecule is CCCC(C(O)CC)C(O)CC(OC(=O)c1ccccc1)OC(=O)c1ccccc1. The number of esters is 2. The van der Waals surface area contributed by atoms with E-state index in [4.69, 9.17) is 9.47 Å². The van der Waals surface area contributed by atoms with Crippen molar-refractivity contribution in [3.63, 3.8) is 0 Å². The van der Waals surface area contributed by atoms with Crippen LogP contribution in [-0.4, -0.2) is 40.6 Å². The van der Waals surface area contributed by atoms with E-state index < -0.39 is 36.4 Å². The number of aliphatic hydroxyl groups is 2. The topological polar surface area (TPSA) is 93.1 Å². The summed E-state index contributed by atoms with van der Waals surface area (Å²) in [6.45, 7) is 3.80. The molecule has 0 fully saturated rings. The Labute approximate surface area is 177 Å². The van der Waals surface area contributed by atoms with E-state index in [-0.39, 0.29) is 6.42 Å². The summed E-state index contributed by atoms with van der Waals surface area (Å²) in [5.41, 5.74) is 0.623. The lowest BCUT2D eigenvalue weighted by Crippen LogP contribution is -2.37. The number of rotatable bonds is 11. The molecule has 0 spiro atoms. The van der Waals surface area contributed by atoms with Crippen molar-refractivity contribution in [3.05, 3.63) is 71.8 Å². The number of ether oxygens (including phenoxy) is 2. The van der Waals surface area contributed by atoms with Crippen LogP contribution in [0.3, 0.4) is 0 Å². The first-order valence-electron chi connectivity index (χ1n) is 10.3. The van der Waals surface area contributed by atoms with Gasteiger partial charge in [0.25, 0.3) is 6.29 Å². The van der Waals surface area contributed by atoms with E-state index in [9.17, 15) is 19.8 Å². The molecule has 0 aliphatic heterocycles. The molecule has 3 atom stereocenters. The van der Waals surface area contributed by atoms with Crippen LogP contribution in [0.4, 0.5) is 0 Å². The molecule has 0 aliphatic carbocycles. The zero-order valence-electron chi connectivity index (χ0n) is 17.4. The highest BCUT2D eigenvalue weighted by Crippen LogP contribution is 2.24. The fourth-order valence-electron chi connectivity index (χ4n) is 3.29. The largest absolute Gasteiger partial charge is 0.421 e. The summed E-state index contributed by atoms with van der Waals surface area (Å²) in [5.74, 6) is -1.72. The Balaban J connectivity index is 2.16. The Morgan fingerprint density at radius 3 is 1.67 bits per heavy atom. The summed E-state index contributed by atoms with van der Waals surface area (Å²) >= 11 is 0. The van der Waals surface area contributed by atoms with E-state index in [1.54, 1.807) is 60.7 Å². The van der Waals surface area contributed by atoms with Crippen molar-refractivity contribution >= 4 is 11.9 Å². The Morgan fingerprint density at radius 2 is 1.27 bits per heavy atom. The minimum atomic E-state index is -1.29. The van der Waals surface area contributed by atoms with Gasteiger partial charge in [0.1, 0.15) is 0 Å². The van der Waals surface area contributed by atoms with Gasteiger partial charge in [0.15, 0.2) is 0 Å². The molecule has 3 unspecified atom stereocenters.